The fourth-order valence-corrected chi connectivity index (χ4v) is 3.73. The van der Waals surface area contributed by atoms with Gasteiger partial charge in [0.25, 0.3) is 10.2 Å². The van der Waals surface area contributed by atoms with Gasteiger partial charge in [-0.15, -0.1) is 0 Å². The van der Waals surface area contributed by atoms with E-state index in [9.17, 15) is 8.42 Å². The van der Waals surface area contributed by atoms with Gasteiger partial charge in [-0.25, -0.2) is 4.72 Å². The molecule has 1 fully saturated rings. The van der Waals surface area contributed by atoms with Crippen LogP contribution in [0.25, 0.3) is 0 Å². The zero-order chi connectivity index (χ0) is 12.1. The molecule has 90 valence electrons. The molecule has 15 heavy (non-hydrogen) atoms. The first-order valence-electron chi connectivity index (χ1n) is 5.02. The first-order chi connectivity index (χ1) is 6.55. The third kappa shape index (κ3) is 1.91. The average Bonchev–Trinajstić information content (AvgIpc) is 2.13. The summed E-state index contributed by atoms with van der Waals surface area (Å²) in [4.78, 5) is 0. The first kappa shape index (κ1) is 12.9. The van der Waals surface area contributed by atoms with E-state index < -0.39 is 10.2 Å². The Balaban J connectivity index is 2.88. The van der Waals surface area contributed by atoms with Gasteiger partial charge in [0.05, 0.1) is 0 Å². The third-order valence-electron chi connectivity index (χ3n) is 3.63. The lowest BCUT2D eigenvalue weighted by Gasteiger charge is -2.62. The quantitative estimate of drug-likeness (QED) is 0.633. The second-order valence-corrected chi connectivity index (χ2v) is 7.03. The second-order valence-electron chi connectivity index (χ2n) is 5.38. The number of hydrogen-bond acceptors (Lipinski definition) is 3. The molecular formula is C9H21N3O2S. The molecule has 4 N–H and O–H groups in total. The van der Waals surface area contributed by atoms with E-state index in [4.69, 9.17) is 5.73 Å². The number of nitrogens with one attached hydrogen (secondary N) is 2. The van der Waals surface area contributed by atoms with Crippen LogP contribution in [0.3, 0.4) is 0 Å². The summed E-state index contributed by atoms with van der Waals surface area (Å²) < 4.78 is 27.7. The van der Waals surface area contributed by atoms with Crippen molar-refractivity contribution in [3.63, 3.8) is 0 Å². The summed E-state index contributed by atoms with van der Waals surface area (Å²) in [7, 11) is -2.01. The molecule has 0 spiro atoms. The molecule has 1 rings (SSSR count). The average molecular weight is 235 g/mol. The van der Waals surface area contributed by atoms with Crippen molar-refractivity contribution in [2.45, 2.75) is 39.8 Å². The van der Waals surface area contributed by atoms with Gasteiger partial charge in [0.1, 0.15) is 0 Å². The van der Waals surface area contributed by atoms with Crippen molar-refractivity contribution >= 4 is 10.2 Å². The zero-order valence-electron chi connectivity index (χ0n) is 9.96. The Morgan fingerprint density at radius 2 is 1.53 bits per heavy atom. The Hall–Kier alpha value is -0.170. The normalized spacial score (nSPS) is 33.5. The maximum Gasteiger partial charge on any atom is 0.276 e. The molecule has 0 amide bonds. The summed E-state index contributed by atoms with van der Waals surface area (Å²) in [6, 6.07) is -0.146. The fraction of sp³-hybridized carbons (Fsp3) is 1.00. The Bertz CT molecular complexity index is 332. The number of rotatable bonds is 3. The van der Waals surface area contributed by atoms with E-state index in [0.717, 1.165) is 0 Å². The van der Waals surface area contributed by atoms with E-state index in [1.165, 1.54) is 7.05 Å². The van der Waals surface area contributed by atoms with Crippen molar-refractivity contribution in [3.8, 4) is 0 Å². The smallest absolute Gasteiger partial charge is 0.276 e. The van der Waals surface area contributed by atoms with Crippen LogP contribution in [0.15, 0.2) is 0 Å². The van der Waals surface area contributed by atoms with Gasteiger partial charge >= 0.3 is 0 Å². The van der Waals surface area contributed by atoms with Crippen molar-refractivity contribution in [2.75, 3.05) is 7.05 Å². The molecule has 0 atom stereocenters. The largest absolute Gasteiger partial charge is 0.327 e. The van der Waals surface area contributed by atoms with Crippen LogP contribution in [-0.2, 0) is 10.2 Å². The summed E-state index contributed by atoms with van der Waals surface area (Å²) in [6.07, 6.45) is 0. The van der Waals surface area contributed by atoms with Gasteiger partial charge < -0.3 is 5.73 Å². The molecule has 5 nitrogen and oxygen atoms in total. The summed E-state index contributed by atoms with van der Waals surface area (Å²) in [5, 5.41) is 0. The molecule has 0 saturated heterocycles. The first-order valence-corrected chi connectivity index (χ1v) is 6.50. The van der Waals surface area contributed by atoms with E-state index >= 15 is 0 Å². The van der Waals surface area contributed by atoms with Crippen LogP contribution >= 0.6 is 0 Å². The molecular weight excluding hydrogens is 214 g/mol. The minimum Gasteiger partial charge on any atom is -0.327 e. The van der Waals surface area contributed by atoms with Crippen molar-refractivity contribution in [2.24, 2.45) is 16.6 Å². The van der Waals surface area contributed by atoms with Crippen LogP contribution in [0.4, 0.5) is 0 Å². The lowest BCUT2D eigenvalue weighted by molar-refractivity contribution is -0.0594. The van der Waals surface area contributed by atoms with Crippen LogP contribution in [0, 0.1) is 10.8 Å². The highest BCUT2D eigenvalue weighted by atomic mass is 32.2. The molecule has 0 aromatic heterocycles. The van der Waals surface area contributed by atoms with E-state index in [1.807, 2.05) is 27.7 Å². The number of hydrogen-bond donors (Lipinski definition) is 3. The van der Waals surface area contributed by atoms with Gasteiger partial charge in [0.2, 0.25) is 0 Å². The van der Waals surface area contributed by atoms with Crippen LogP contribution in [0.5, 0.6) is 0 Å². The maximum atomic E-state index is 11.4. The van der Waals surface area contributed by atoms with E-state index in [2.05, 4.69) is 9.44 Å². The summed E-state index contributed by atoms with van der Waals surface area (Å²) in [5.41, 5.74) is 5.60. The molecule has 0 heterocycles. The van der Waals surface area contributed by atoms with Gasteiger partial charge in [-0.3, -0.25) is 0 Å². The van der Waals surface area contributed by atoms with Crippen LogP contribution < -0.4 is 15.2 Å². The summed E-state index contributed by atoms with van der Waals surface area (Å²) in [5.74, 6) is 0. The Labute approximate surface area is 92.0 Å². The monoisotopic (exact) mass is 235 g/mol. The molecule has 0 bridgehead atoms. The molecule has 0 unspecified atom stereocenters. The molecule has 1 aliphatic rings. The molecule has 0 radical (unpaired) electrons. The SMILES string of the molecule is CNS(=O)(=O)NC1C(C)(C)C(N)C1(C)C. The molecule has 0 aromatic rings. The molecule has 0 aromatic carbocycles. The highest BCUT2D eigenvalue weighted by Gasteiger charge is 2.60. The summed E-state index contributed by atoms with van der Waals surface area (Å²) in [6.45, 7) is 7.91. The fourth-order valence-electron chi connectivity index (χ4n) is 2.70. The van der Waals surface area contributed by atoms with E-state index in [1.54, 1.807) is 0 Å². The summed E-state index contributed by atoms with van der Waals surface area (Å²) >= 11 is 0. The van der Waals surface area contributed by atoms with Gasteiger partial charge in [0.15, 0.2) is 0 Å². The Kier molecular flexibility index (Phi) is 2.93. The third-order valence-corrected chi connectivity index (χ3v) is 4.72. The van der Waals surface area contributed by atoms with E-state index in [0.29, 0.717) is 0 Å². The molecule has 1 saturated carbocycles. The van der Waals surface area contributed by atoms with Crippen LogP contribution in [-0.4, -0.2) is 27.5 Å². The highest BCUT2D eigenvalue weighted by molar-refractivity contribution is 7.87. The highest BCUT2D eigenvalue weighted by Crippen LogP contribution is 2.52. The van der Waals surface area contributed by atoms with E-state index in [-0.39, 0.29) is 22.9 Å². The lowest BCUT2D eigenvalue weighted by atomic mass is 9.49. The van der Waals surface area contributed by atoms with Gasteiger partial charge in [0, 0.05) is 19.1 Å². The van der Waals surface area contributed by atoms with Crippen LogP contribution in [0.2, 0.25) is 0 Å². The standard InChI is InChI=1S/C9H21N3O2S/c1-8(2)6(10)9(3,4)7(8)12-15(13,14)11-5/h6-7,11-12H,10H2,1-5H3. The van der Waals surface area contributed by atoms with Crippen molar-refractivity contribution in [1.29, 1.82) is 0 Å². The van der Waals surface area contributed by atoms with Crippen molar-refractivity contribution < 1.29 is 8.42 Å². The molecule has 1 aliphatic carbocycles. The minimum absolute atomic E-state index is 0.00504. The predicted molar refractivity (Wildman–Crippen MR) is 60.4 cm³/mol. The van der Waals surface area contributed by atoms with Crippen LogP contribution in [0.1, 0.15) is 27.7 Å². The minimum atomic E-state index is -3.40. The van der Waals surface area contributed by atoms with Gasteiger partial charge in [-0.1, -0.05) is 27.7 Å². The Morgan fingerprint density at radius 1 is 1.13 bits per heavy atom. The van der Waals surface area contributed by atoms with Gasteiger partial charge in [-0.05, 0) is 10.8 Å². The van der Waals surface area contributed by atoms with Crippen molar-refractivity contribution in [3.05, 3.63) is 0 Å². The maximum absolute atomic E-state index is 11.4. The molecule has 0 aliphatic heterocycles. The zero-order valence-corrected chi connectivity index (χ0v) is 10.8. The van der Waals surface area contributed by atoms with Crippen molar-refractivity contribution in [1.82, 2.24) is 9.44 Å². The van der Waals surface area contributed by atoms with Gasteiger partial charge in [-0.2, -0.15) is 13.1 Å². The topological polar surface area (TPSA) is 84.2 Å². The molecule has 6 heteroatoms. The Morgan fingerprint density at radius 3 is 1.87 bits per heavy atom. The number of nitrogens with two attached hydrogens (primary N) is 1. The lowest BCUT2D eigenvalue weighted by Crippen LogP contribution is -2.76. The predicted octanol–water partition coefficient (Wildman–Crippen LogP) is -0.198. The second kappa shape index (κ2) is 3.41.